The Morgan fingerprint density at radius 1 is 1.38 bits per heavy atom. The molecule has 1 aliphatic carbocycles. The first-order valence-corrected chi connectivity index (χ1v) is 5.89. The molecular formula is C12H19N3O. The number of hydrogen-bond donors (Lipinski definition) is 1. The highest BCUT2D eigenvalue weighted by Crippen LogP contribution is 2.26. The van der Waals surface area contributed by atoms with Crippen LogP contribution in [0.3, 0.4) is 0 Å². The van der Waals surface area contributed by atoms with E-state index >= 15 is 0 Å². The van der Waals surface area contributed by atoms with Gasteiger partial charge in [0.2, 0.25) is 5.88 Å². The lowest BCUT2D eigenvalue weighted by Gasteiger charge is -2.32. The number of hydrogen-bond acceptors (Lipinski definition) is 4. The summed E-state index contributed by atoms with van der Waals surface area (Å²) >= 11 is 0. The van der Waals surface area contributed by atoms with Crippen LogP contribution in [0.5, 0.6) is 5.88 Å². The van der Waals surface area contributed by atoms with E-state index in [-0.39, 0.29) is 5.54 Å². The molecule has 1 aromatic rings. The predicted octanol–water partition coefficient (Wildman–Crippen LogP) is 1.83. The number of ether oxygens (including phenoxy) is 1. The number of aromatic nitrogens is 2. The Bertz CT molecular complexity index is 348. The van der Waals surface area contributed by atoms with Crippen LogP contribution in [0.25, 0.3) is 0 Å². The van der Waals surface area contributed by atoms with Gasteiger partial charge in [0.05, 0.1) is 11.7 Å². The van der Waals surface area contributed by atoms with E-state index in [1.807, 2.05) is 13.0 Å². The lowest BCUT2D eigenvalue weighted by Crippen LogP contribution is -2.47. The maximum Gasteiger partial charge on any atom is 0.233 e. The second-order valence-corrected chi connectivity index (χ2v) is 4.78. The van der Waals surface area contributed by atoms with E-state index in [9.17, 15) is 0 Å². The molecule has 2 rings (SSSR count). The van der Waals surface area contributed by atoms with Crippen molar-refractivity contribution in [2.24, 2.45) is 5.73 Å². The predicted molar refractivity (Wildman–Crippen MR) is 62.3 cm³/mol. The Morgan fingerprint density at radius 3 is 2.81 bits per heavy atom. The molecule has 0 atom stereocenters. The van der Waals surface area contributed by atoms with Crippen LogP contribution in [0.4, 0.5) is 0 Å². The quantitative estimate of drug-likeness (QED) is 0.845. The summed E-state index contributed by atoms with van der Waals surface area (Å²) in [7, 11) is 0. The summed E-state index contributed by atoms with van der Waals surface area (Å²) in [6, 6.07) is 1.89. The summed E-state index contributed by atoms with van der Waals surface area (Å²) in [5, 5.41) is 7.78. The molecule has 1 saturated carbocycles. The van der Waals surface area contributed by atoms with Gasteiger partial charge in [-0.05, 0) is 25.3 Å². The van der Waals surface area contributed by atoms with Crippen molar-refractivity contribution in [3.8, 4) is 5.88 Å². The lowest BCUT2D eigenvalue weighted by atomic mass is 9.83. The Kier molecular flexibility index (Phi) is 3.39. The second-order valence-electron chi connectivity index (χ2n) is 4.78. The number of nitrogens with zero attached hydrogens (tertiary/aromatic N) is 2. The average molecular weight is 221 g/mol. The van der Waals surface area contributed by atoms with Crippen molar-refractivity contribution in [3.05, 3.63) is 17.8 Å². The average Bonchev–Trinajstić information content (AvgIpc) is 2.28. The third-order valence-electron chi connectivity index (χ3n) is 3.13. The van der Waals surface area contributed by atoms with Crippen molar-refractivity contribution in [1.82, 2.24) is 10.2 Å². The van der Waals surface area contributed by atoms with Crippen LogP contribution in [0.1, 0.15) is 37.7 Å². The molecule has 88 valence electrons. The van der Waals surface area contributed by atoms with E-state index in [2.05, 4.69) is 10.2 Å². The molecule has 0 spiro atoms. The van der Waals surface area contributed by atoms with Gasteiger partial charge >= 0.3 is 0 Å². The fraction of sp³-hybridized carbons (Fsp3) is 0.667. The molecule has 1 fully saturated rings. The smallest absolute Gasteiger partial charge is 0.233 e. The Balaban J connectivity index is 1.91. The van der Waals surface area contributed by atoms with Gasteiger partial charge in [-0.15, -0.1) is 5.10 Å². The van der Waals surface area contributed by atoms with Gasteiger partial charge in [0.25, 0.3) is 0 Å². The largest absolute Gasteiger partial charge is 0.475 e. The van der Waals surface area contributed by atoms with Crippen molar-refractivity contribution in [1.29, 1.82) is 0 Å². The van der Waals surface area contributed by atoms with Gasteiger partial charge in [0.1, 0.15) is 6.61 Å². The van der Waals surface area contributed by atoms with Gasteiger partial charge in [-0.25, -0.2) is 0 Å². The lowest BCUT2D eigenvalue weighted by molar-refractivity contribution is 0.168. The van der Waals surface area contributed by atoms with Crippen LogP contribution >= 0.6 is 0 Å². The topological polar surface area (TPSA) is 61.0 Å². The highest BCUT2D eigenvalue weighted by Gasteiger charge is 2.28. The maximum absolute atomic E-state index is 6.27. The molecule has 0 radical (unpaired) electrons. The van der Waals surface area contributed by atoms with Crippen LogP contribution in [0.15, 0.2) is 12.3 Å². The molecule has 1 heterocycles. The van der Waals surface area contributed by atoms with E-state index in [4.69, 9.17) is 10.5 Å². The fourth-order valence-corrected chi connectivity index (χ4v) is 2.13. The molecule has 0 unspecified atom stereocenters. The summed E-state index contributed by atoms with van der Waals surface area (Å²) < 4.78 is 5.63. The minimum absolute atomic E-state index is 0.163. The zero-order chi connectivity index (χ0) is 11.4. The van der Waals surface area contributed by atoms with Crippen molar-refractivity contribution in [2.45, 2.75) is 44.6 Å². The van der Waals surface area contributed by atoms with E-state index in [1.165, 1.54) is 19.3 Å². The van der Waals surface area contributed by atoms with E-state index < -0.39 is 0 Å². The monoisotopic (exact) mass is 221 g/mol. The fourth-order valence-electron chi connectivity index (χ4n) is 2.13. The SMILES string of the molecule is Cc1cnnc(OCC2(N)CCCCC2)c1. The van der Waals surface area contributed by atoms with Gasteiger partial charge in [-0.1, -0.05) is 19.3 Å². The van der Waals surface area contributed by atoms with Crippen LogP contribution in [-0.2, 0) is 0 Å². The molecule has 0 saturated heterocycles. The summed E-state index contributed by atoms with van der Waals surface area (Å²) in [4.78, 5) is 0. The maximum atomic E-state index is 6.27. The minimum Gasteiger partial charge on any atom is -0.475 e. The van der Waals surface area contributed by atoms with E-state index in [0.29, 0.717) is 12.5 Å². The molecule has 0 amide bonds. The summed E-state index contributed by atoms with van der Waals surface area (Å²) in [5.41, 5.74) is 7.16. The molecule has 1 aromatic heterocycles. The third-order valence-corrected chi connectivity index (χ3v) is 3.13. The van der Waals surface area contributed by atoms with Crippen LogP contribution in [-0.4, -0.2) is 22.3 Å². The summed E-state index contributed by atoms with van der Waals surface area (Å²) in [5.74, 6) is 0.579. The van der Waals surface area contributed by atoms with Gasteiger partial charge in [-0.2, -0.15) is 5.10 Å². The van der Waals surface area contributed by atoms with Crippen molar-refractivity contribution < 1.29 is 4.74 Å². The van der Waals surface area contributed by atoms with E-state index in [1.54, 1.807) is 6.20 Å². The highest BCUT2D eigenvalue weighted by atomic mass is 16.5. The van der Waals surface area contributed by atoms with Crippen molar-refractivity contribution in [2.75, 3.05) is 6.61 Å². The van der Waals surface area contributed by atoms with Gasteiger partial charge in [-0.3, -0.25) is 0 Å². The Hall–Kier alpha value is -1.16. The van der Waals surface area contributed by atoms with Crippen molar-refractivity contribution >= 4 is 0 Å². The highest BCUT2D eigenvalue weighted by molar-refractivity contribution is 5.15. The number of aryl methyl sites for hydroxylation is 1. The second kappa shape index (κ2) is 4.78. The molecule has 0 aromatic carbocycles. The zero-order valence-corrected chi connectivity index (χ0v) is 9.78. The van der Waals surface area contributed by atoms with Gasteiger partial charge in [0.15, 0.2) is 0 Å². The molecule has 0 bridgehead atoms. The normalized spacial score (nSPS) is 19.4. The van der Waals surface area contributed by atoms with E-state index in [0.717, 1.165) is 18.4 Å². The number of rotatable bonds is 3. The molecule has 4 nitrogen and oxygen atoms in total. The first kappa shape index (κ1) is 11.3. The molecule has 1 aliphatic rings. The molecule has 0 aliphatic heterocycles. The third kappa shape index (κ3) is 2.92. The minimum atomic E-state index is -0.163. The first-order valence-electron chi connectivity index (χ1n) is 5.89. The zero-order valence-electron chi connectivity index (χ0n) is 9.78. The molecule has 2 N–H and O–H groups in total. The summed E-state index contributed by atoms with van der Waals surface area (Å²) in [6.45, 7) is 2.52. The van der Waals surface area contributed by atoms with Crippen LogP contribution in [0.2, 0.25) is 0 Å². The Morgan fingerprint density at radius 2 is 2.12 bits per heavy atom. The first-order chi connectivity index (χ1) is 7.68. The number of nitrogens with two attached hydrogens (primary N) is 1. The molecular weight excluding hydrogens is 202 g/mol. The Labute approximate surface area is 96.2 Å². The molecule has 4 heteroatoms. The van der Waals surface area contributed by atoms with Crippen molar-refractivity contribution in [3.63, 3.8) is 0 Å². The van der Waals surface area contributed by atoms with Gasteiger partial charge in [0, 0.05) is 6.07 Å². The molecule has 16 heavy (non-hydrogen) atoms. The standard InChI is InChI=1S/C12H19N3O/c1-10-7-11(15-14-8-10)16-9-12(13)5-3-2-4-6-12/h7-8H,2-6,9,13H2,1H3. The summed E-state index contributed by atoms with van der Waals surface area (Å²) in [6.07, 6.45) is 7.52. The van der Waals surface area contributed by atoms with Crippen LogP contribution in [0, 0.1) is 6.92 Å². The van der Waals surface area contributed by atoms with Crippen LogP contribution < -0.4 is 10.5 Å². The van der Waals surface area contributed by atoms with Gasteiger partial charge < -0.3 is 10.5 Å².